The lowest BCUT2D eigenvalue weighted by Gasteiger charge is -2.36. The Hall–Kier alpha value is -7.58. The van der Waals surface area contributed by atoms with Crippen molar-refractivity contribution in [1.82, 2.24) is 30.0 Å². The SMILES string of the molecule is CC[C@@]1(O)C(=O)OCc2c1cc1n(c2=O)Cc2c-1nc1cc(F)c(C)c3c1c2[C@@H](N(C)C(=O)C(C)OCCC(=O)CNC(=O)[C@@H](CC(=O)CNC(=O)CCC(=O)CCCCCN1C(=O)C=CC1=O)Cc1ccccc1)CC3. The van der Waals surface area contributed by atoms with Crippen molar-refractivity contribution in [3.63, 3.8) is 0 Å². The summed E-state index contributed by atoms with van der Waals surface area (Å²) in [5, 5.41) is 17.3. The number of pyridine rings is 2. The van der Waals surface area contributed by atoms with Crippen LogP contribution in [0.4, 0.5) is 4.39 Å². The Morgan fingerprint density at radius 3 is 2.36 bits per heavy atom. The molecule has 0 fully saturated rings. The van der Waals surface area contributed by atoms with Crippen molar-refractivity contribution in [3.8, 4) is 11.4 Å². The minimum Gasteiger partial charge on any atom is -0.458 e. The van der Waals surface area contributed by atoms with Crippen LogP contribution in [0.1, 0.15) is 123 Å². The Kier molecular flexibility index (Phi) is 17.2. The maximum Gasteiger partial charge on any atom is 0.343 e. The van der Waals surface area contributed by atoms with Crippen LogP contribution in [0.25, 0.3) is 22.3 Å². The number of aryl methyl sites for hydroxylation is 1. The Morgan fingerprint density at radius 1 is 0.909 bits per heavy atom. The summed E-state index contributed by atoms with van der Waals surface area (Å²) < 4.78 is 28.2. The minimum atomic E-state index is -2.05. The normalized spacial score (nSPS) is 17.8. The van der Waals surface area contributed by atoms with Gasteiger partial charge in [0.25, 0.3) is 23.3 Å². The Labute approximate surface area is 443 Å². The van der Waals surface area contributed by atoms with Gasteiger partial charge in [-0.05, 0) is 80.7 Å². The first-order chi connectivity index (χ1) is 36.8. The maximum atomic E-state index is 15.5. The number of carbonyl (C=O) groups excluding carboxylic acids is 9. The van der Waals surface area contributed by atoms with E-state index in [0.29, 0.717) is 71.1 Å². The molecule has 3 aliphatic heterocycles. The Balaban J connectivity index is 0.832. The zero-order valence-electron chi connectivity index (χ0n) is 43.7. The van der Waals surface area contributed by atoms with E-state index in [4.69, 9.17) is 14.5 Å². The highest BCUT2D eigenvalue weighted by Gasteiger charge is 2.46. The Bertz CT molecular complexity index is 3150. The molecule has 3 N–H and O–H groups in total. The highest BCUT2D eigenvalue weighted by atomic mass is 19.1. The van der Waals surface area contributed by atoms with E-state index in [9.17, 15) is 53.1 Å². The van der Waals surface area contributed by atoms with Crippen LogP contribution < -0.4 is 16.2 Å². The molecule has 2 aromatic heterocycles. The minimum absolute atomic E-state index is 0.0204. The molecule has 4 aromatic rings. The van der Waals surface area contributed by atoms with Crippen molar-refractivity contribution in [2.24, 2.45) is 5.92 Å². The number of carbonyl (C=O) groups is 9. The predicted molar refractivity (Wildman–Crippen MR) is 276 cm³/mol. The molecule has 0 radical (unpaired) electrons. The average Bonchev–Trinajstić information content (AvgIpc) is 4.03. The molecular weight excluding hydrogens is 996 g/mol. The second-order valence-corrected chi connectivity index (χ2v) is 20.3. The summed E-state index contributed by atoms with van der Waals surface area (Å²) in [5.74, 6) is -5.29. The monoisotopic (exact) mass is 1060 g/mol. The zero-order chi connectivity index (χ0) is 55.3. The number of aromatic nitrogens is 2. The molecule has 0 saturated heterocycles. The van der Waals surface area contributed by atoms with E-state index >= 15 is 4.39 Å². The molecule has 406 valence electrons. The van der Waals surface area contributed by atoms with E-state index in [1.54, 1.807) is 63.1 Å². The van der Waals surface area contributed by atoms with Crippen LogP contribution in [-0.2, 0) is 84.2 Å². The van der Waals surface area contributed by atoms with Gasteiger partial charge in [-0.25, -0.2) is 14.2 Å². The molecule has 0 spiro atoms. The highest BCUT2D eigenvalue weighted by molar-refractivity contribution is 6.12. The fraction of sp³-hybridized carbons (Fsp3) is 0.456. The lowest BCUT2D eigenvalue weighted by molar-refractivity contribution is -0.172. The molecule has 0 saturated carbocycles. The summed E-state index contributed by atoms with van der Waals surface area (Å²) in [6, 6.07) is 11.4. The van der Waals surface area contributed by atoms with Crippen LogP contribution in [0, 0.1) is 18.7 Å². The van der Waals surface area contributed by atoms with Gasteiger partial charge < -0.3 is 34.7 Å². The van der Waals surface area contributed by atoms with E-state index < -0.39 is 70.3 Å². The van der Waals surface area contributed by atoms with Crippen molar-refractivity contribution in [3.05, 3.63) is 110 Å². The number of unbranched alkanes of at least 4 members (excludes halogenated alkanes) is 2. The third kappa shape index (κ3) is 11.9. The average molecular weight is 1060 g/mol. The second-order valence-electron chi connectivity index (χ2n) is 20.3. The summed E-state index contributed by atoms with van der Waals surface area (Å²) in [4.78, 5) is 137. The van der Waals surface area contributed by atoms with E-state index in [-0.39, 0.29) is 113 Å². The molecule has 4 atom stereocenters. The number of halogens is 1. The fourth-order valence-electron chi connectivity index (χ4n) is 10.8. The van der Waals surface area contributed by atoms with Gasteiger partial charge in [-0.2, -0.15) is 0 Å². The van der Waals surface area contributed by atoms with Gasteiger partial charge in [0.1, 0.15) is 24.3 Å². The van der Waals surface area contributed by atoms with E-state index in [2.05, 4.69) is 10.6 Å². The number of amides is 5. The number of imide groups is 1. The molecule has 0 bridgehead atoms. The summed E-state index contributed by atoms with van der Waals surface area (Å²) in [6.07, 6.45) is 3.80. The van der Waals surface area contributed by atoms with Gasteiger partial charge in [-0.1, -0.05) is 43.7 Å². The van der Waals surface area contributed by atoms with Crippen molar-refractivity contribution >= 4 is 63.8 Å². The maximum absolute atomic E-state index is 15.5. The third-order valence-electron chi connectivity index (χ3n) is 15.2. The second kappa shape index (κ2) is 23.8. The number of nitrogens with one attached hydrogen (secondary N) is 2. The fourth-order valence-corrected chi connectivity index (χ4v) is 10.8. The van der Waals surface area contributed by atoms with Gasteiger partial charge >= 0.3 is 5.97 Å². The van der Waals surface area contributed by atoms with Crippen LogP contribution in [0.5, 0.6) is 0 Å². The van der Waals surface area contributed by atoms with Gasteiger partial charge in [-0.15, -0.1) is 0 Å². The summed E-state index contributed by atoms with van der Waals surface area (Å²) in [5.41, 5.74) is 2.17. The number of fused-ring (bicyclic) bond motifs is 5. The van der Waals surface area contributed by atoms with Crippen LogP contribution >= 0.6 is 0 Å². The number of hydrogen-bond acceptors (Lipinski definition) is 14. The number of ether oxygens (including phenoxy) is 2. The topological polar surface area (TPSA) is 258 Å². The van der Waals surface area contributed by atoms with Crippen molar-refractivity contribution < 1.29 is 62.1 Å². The molecule has 4 aliphatic rings. The highest BCUT2D eigenvalue weighted by Crippen LogP contribution is 2.47. The summed E-state index contributed by atoms with van der Waals surface area (Å²) in [6.45, 7) is 4.02. The lowest BCUT2D eigenvalue weighted by Crippen LogP contribution is -2.44. The molecule has 20 heteroatoms. The molecule has 1 unspecified atom stereocenters. The van der Waals surface area contributed by atoms with E-state index in [1.165, 1.54) is 22.8 Å². The molecule has 77 heavy (non-hydrogen) atoms. The predicted octanol–water partition coefficient (Wildman–Crippen LogP) is 4.22. The molecule has 5 amide bonds. The molecule has 2 aromatic carbocycles. The van der Waals surface area contributed by atoms with Crippen molar-refractivity contribution in [2.75, 3.05) is 33.3 Å². The number of Topliss-reactive ketones (excluding diaryl/α,β-unsaturated/α-hetero) is 3. The third-order valence-corrected chi connectivity index (χ3v) is 15.2. The van der Waals surface area contributed by atoms with Gasteiger partial charge in [0.2, 0.25) is 11.8 Å². The van der Waals surface area contributed by atoms with Crippen LogP contribution in [-0.4, -0.2) is 117 Å². The van der Waals surface area contributed by atoms with Gasteiger partial charge in [0.15, 0.2) is 17.2 Å². The number of cyclic esters (lactones) is 1. The van der Waals surface area contributed by atoms with Gasteiger partial charge in [0, 0.05) is 86.3 Å². The quantitative estimate of drug-likeness (QED) is 0.0420. The summed E-state index contributed by atoms with van der Waals surface area (Å²) in [7, 11) is 1.64. The molecular formula is C57H63FN6O13. The number of benzene rings is 2. The van der Waals surface area contributed by atoms with Crippen molar-refractivity contribution in [1.29, 1.82) is 0 Å². The van der Waals surface area contributed by atoms with Crippen LogP contribution in [0.3, 0.4) is 0 Å². The molecule has 19 nitrogen and oxygen atoms in total. The van der Waals surface area contributed by atoms with E-state index in [1.807, 2.05) is 6.07 Å². The van der Waals surface area contributed by atoms with Crippen LogP contribution in [0.15, 0.2) is 59.4 Å². The number of likely N-dealkylation sites (N-methyl/N-ethyl adjacent to an activating group) is 1. The first-order valence-electron chi connectivity index (χ1n) is 26.2. The van der Waals surface area contributed by atoms with Gasteiger partial charge in [-0.3, -0.25) is 48.1 Å². The molecule has 1 aliphatic carbocycles. The number of rotatable bonds is 25. The zero-order valence-corrected chi connectivity index (χ0v) is 43.7. The number of ketones is 3. The van der Waals surface area contributed by atoms with Crippen LogP contribution in [0.2, 0.25) is 0 Å². The number of aliphatic hydroxyl groups is 1. The Morgan fingerprint density at radius 2 is 1.64 bits per heavy atom. The number of nitrogens with zero attached hydrogens (tertiary/aromatic N) is 4. The van der Waals surface area contributed by atoms with Gasteiger partial charge in [0.05, 0.1) is 54.8 Å². The summed E-state index contributed by atoms with van der Waals surface area (Å²) >= 11 is 0. The lowest BCUT2D eigenvalue weighted by atomic mass is 9.81. The molecule has 5 heterocycles. The van der Waals surface area contributed by atoms with Crippen molar-refractivity contribution in [2.45, 2.75) is 129 Å². The number of esters is 1. The largest absolute Gasteiger partial charge is 0.458 e. The van der Waals surface area contributed by atoms with E-state index in [0.717, 1.165) is 16.0 Å². The first-order valence-corrected chi connectivity index (χ1v) is 26.2. The smallest absolute Gasteiger partial charge is 0.343 e. The molecule has 8 rings (SSSR count). The standard InChI is InChI=1S/C57H63FN6O13/c1-5-57(75)42-26-46-52-40(30-64(46)55(73)41(42)31-77-56(57)74)51-45(17-16-39-32(2)43(58)27-44(61-52)50(39)51)62(4)54(72)33(3)76-23-21-37(66)28-60-53(71)35(24-34-12-8-6-9-13-34)25-38(67)29-59-47(68)18-15-36(65)14-10-7-11-22-63-48(69)19-20-49(63)70/h6,8-9,12-13,19-20,26-27,33,35,45,75H,5,7,10-11,14-18,21-25,28-31H2,1-4H3,(H,59,68)(H,60,71)/t33?,35-,45+,57+/m1/s1. The number of hydrogen-bond donors (Lipinski definition) is 3. The first kappa shape index (κ1) is 55.6.